The van der Waals surface area contributed by atoms with E-state index in [1.807, 2.05) is 0 Å². The minimum atomic E-state index is -5.64. The molecule has 8 heteroatoms. The van der Waals surface area contributed by atoms with Gasteiger partial charge in [-0.3, -0.25) is 0 Å². The maximum absolute atomic E-state index is 13.4. The molecule has 0 radical (unpaired) electrons. The molecule has 23 heavy (non-hydrogen) atoms. The van der Waals surface area contributed by atoms with Crippen LogP contribution in [-0.4, -0.2) is 18.0 Å². The first kappa shape index (κ1) is 17.0. The number of hydrogen-bond acceptors (Lipinski definition) is 2. The smallest absolute Gasteiger partial charge is 0.348 e. The van der Waals surface area contributed by atoms with Crippen molar-refractivity contribution in [3.63, 3.8) is 0 Å². The summed E-state index contributed by atoms with van der Waals surface area (Å²) < 4.78 is 80.4. The number of benzene rings is 2. The second-order valence-electron chi connectivity index (χ2n) is 4.73. The summed E-state index contributed by atoms with van der Waals surface area (Å²) in [5.41, 5.74) is -4.95. The van der Waals surface area contributed by atoms with Crippen molar-refractivity contribution in [2.45, 2.75) is 18.0 Å². The number of hydrogen-bond donors (Lipinski definition) is 2. The Labute approximate surface area is 128 Å². The Bertz CT molecular complexity index is 564. The van der Waals surface area contributed by atoms with Crippen LogP contribution < -0.4 is 10.6 Å². The second-order valence-corrected chi connectivity index (χ2v) is 4.73. The van der Waals surface area contributed by atoms with Crippen LogP contribution in [-0.2, 0) is 0 Å². The van der Waals surface area contributed by atoms with Gasteiger partial charge >= 0.3 is 18.0 Å². The maximum Gasteiger partial charge on any atom is 0.439 e. The lowest BCUT2D eigenvalue weighted by Gasteiger charge is -2.39. The summed E-state index contributed by atoms with van der Waals surface area (Å²) in [5, 5.41) is 3.12. The average molecular weight is 334 g/mol. The van der Waals surface area contributed by atoms with E-state index in [-0.39, 0.29) is 11.4 Å². The third-order valence-electron chi connectivity index (χ3n) is 3.06. The average Bonchev–Trinajstić information content (AvgIpc) is 2.46. The summed E-state index contributed by atoms with van der Waals surface area (Å²) in [6.45, 7) is 0. The molecule has 2 aromatic carbocycles. The van der Waals surface area contributed by atoms with Crippen molar-refractivity contribution >= 4 is 11.4 Å². The Morgan fingerprint density at radius 3 is 1.09 bits per heavy atom. The van der Waals surface area contributed by atoms with Crippen molar-refractivity contribution in [2.75, 3.05) is 10.6 Å². The highest BCUT2D eigenvalue weighted by Gasteiger charge is 2.72. The molecular formula is C15H12F6N2. The molecule has 0 atom stereocenters. The Hall–Kier alpha value is -2.38. The Kier molecular flexibility index (Phi) is 4.44. The molecule has 0 fully saturated rings. The number of para-hydroxylation sites is 2. The highest BCUT2D eigenvalue weighted by Crippen LogP contribution is 2.45. The fraction of sp³-hybridized carbons (Fsp3) is 0.200. The Morgan fingerprint density at radius 2 is 0.826 bits per heavy atom. The molecule has 2 nitrogen and oxygen atoms in total. The molecule has 0 saturated heterocycles. The van der Waals surface area contributed by atoms with E-state index in [0.29, 0.717) is 0 Å². The first-order chi connectivity index (χ1) is 10.7. The van der Waals surface area contributed by atoms with E-state index >= 15 is 0 Å². The van der Waals surface area contributed by atoms with Gasteiger partial charge in [-0.05, 0) is 24.3 Å². The molecule has 0 heterocycles. The van der Waals surface area contributed by atoms with Crippen molar-refractivity contribution in [2.24, 2.45) is 0 Å². The van der Waals surface area contributed by atoms with Gasteiger partial charge in [0.05, 0.1) is 0 Å². The normalized spacial score (nSPS) is 12.8. The van der Waals surface area contributed by atoms with Crippen LogP contribution in [0.4, 0.5) is 37.7 Å². The van der Waals surface area contributed by atoms with Crippen LogP contribution in [0.3, 0.4) is 0 Å². The van der Waals surface area contributed by atoms with Gasteiger partial charge < -0.3 is 10.6 Å². The van der Waals surface area contributed by atoms with Crippen LogP contribution in [0, 0.1) is 0 Å². The lowest BCUT2D eigenvalue weighted by atomic mass is 10.1. The van der Waals surface area contributed by atoms with E-state index in [1.54, 1.807) is 10.6 Å². The molecule has 2 N–H and O–H groups in total. The van der Waals surface area contributed by atoms with E-state index in [9.17, 15) is 26.3 Å². The molecule has 0 amide bonds. The van der Waals surface area contributed by atoms with Crippen molar-refractivity contribution < 1.29 is 26.3 Å². The molecular weight excluding hydrogens is 322 g/mol. The van der Waals surface area contributed by atoms with Gasteiger partial charge in [0, 0.05) is 11.4 Å². The van der Waals surface area contributed by atoms with Crippen molar-refractivity contribution in [3.8, 4) is 0 Å². The molecule has 0 aliphatic heterocycles. The molecule has 0 bridgehead atoms. The Morgan fingerprint density at radius 1 is 0.522 bits per heavy atom. The van der Waals surface area contributed by atoms with Gasteiger partial charge in [-0.1, -0.05) is 36.4 Å². The summed E-state index contributed by atoms with van der Waals surface area (Å²) in [5.74, 6) is 0. The van der Waals surface area contributed by atoms with E-state index < -0.39 is 18.0 Å². The minimum Gasteiger partial charge on any atom is -0.348 e. The summed E-state index contributed by atoms with van der Waals surface area (Å²) in [6.07, 6.45) is -11.3. The molecule has 0 unspecified atom stereocenters. The van der Waals surface area contributed by atoms with Crippen LogP contribution in [0.25, 0.3) is 0 Å². The minimum absolute atomic E-state index is 0.314. The van der Waals surface area contributed by atoms with Gasteiger partial charge in [-0.25, -0.2) is 0 Å². The predicted molar refractivity (Wildman–Crippen MR) is 75.0 cm³/mol. The van der Waals surface area contributed by atoms with Crippen molar-refractivity contribution in [1.82, 2.24) is 0 Å². The lowest BCUT2D eigenvalue weighted by molar-refractivity contribution is -0.278. The van der Waals surface area contributed by atoms with E-state index in [0.717, 1.165) is 24.3 Å². The zero-order valence-corrected chi connectivity index (χ0v) is 11.5. The SMILES string of the molecule is FC(F)(F)C(Nc1ccccc1)(Nc1ccccc1)C(F)(F)F. The largest absolute Gasteiger partial charge is 0.439 e. The van der Waals surface area contributed by atoms with Gasteiger partial charge in [0.15, 0.2) is 0 Å². The topological polar surface area (TPSA) is 24.1 Å². The summed E-state index contributed by atoms with van der Waals surface area (Å²) in [6, 6.07) is 12.8. The third kappa shape index (κ3) is 3.52. The standard InChI is InChI=1S/C15H12F6N2/c16-14(17,18)13(15(19,20)21,22-11-7-3-1-4-8-11)23-12-9-5-2-6-10-12/h1-10,22-23H. The molecule has 0 aliphatic carbocycles. The highest BCUT2D eigenvalue weighted by atomic mass is 19.4. The van der Waals surface area contributed by atoms with Crippen LogP contribution in [0.2, 0.25) is 0 Å². The van der Waals surface area contributed by atoms with Gasteiger partial charge in [-0.2, -0.15) is 26.3 Å². The zero-order valence-electron chi connectivity index (χ0n) is 11.5. The number of nitrogens with one attached hydrogen (secondary N) is 2. The molecule has 0 saturated carbocycles. The second kappa shape index (κ2) is 6.02. The van der Waals surface area contributed by atoms with Crippen LogP contribution >= 0.6 is 0 Å². The number of rotatable bonds is 4. The lowest BCUT2D eigenvalue weighted by Crippen LogP contribution is -2.67. The van der Waals surface area contributed by atoms with Crippen molar-refractivity contribution in [1.29, 1.82) is 0 Å². The summed E-state index contributed by atoms with van der Waals surface area (Å²) >= 11 is 0. The number of anilines is 2. The summed E-state index contributed by atoms with van der Waals surface area (Å²) in [4.78, 5) is 0. The molecule has 0 aliphatic rings. The first-order valence-electron chi connectivity index (χ1n) is 6.46. The van der Waals surface area contributed by atoms with Crippen LogP contribution in [0.15, 0.2) is 60.7 Å². The molecule has 0 aromatic heterocycles. The zero-order chi connectivity index (χ0) is 17.1. The van der Waals surface area contributed by atoms with Gasteiger partial charge in [0.25, 0.3) is 0 Å². The molecule has 0 spiro atoms. The van der Waals surface area contributed by atoms with Crippen LogP contribution in [0.1, 0.15) is 0 Å². The molecule has 2 aromatic rings. The molecule has 124 valence electrons. The van der Waals surface area contributed by atoms with Crippen LogP contribution in [0.5, 0.6) is 0 Å². The fourth-order valence-corrected chi connectivity index (χ4v) is 1.95. The molecule has 2 rings (SSSR count). The third-order valence-corrected chi connectivity index (χ3v) is 3.06. The first-order valence-corrected chi connectivity index (χ1v) is 6.46. The quantitative estimate of drug-likeness (QED) is 0.605. The fourth-order valence-electron chi connectivity index (χ4n) is 1.95. The number of alkyl halides is 6. The van der Waals surface area contributed by atoms with Gasteiger partial charge in [0.1, 0.15) is 0 Å². The van der Waals surface area contributed by atoms with Crippen molar-refractivity contribution in [3.05, 3.63) is 60.7 Å². The Balaban J connectivity index is 2.51. The number of halogens is 6. The summed E-state index contributed by atoms with van der Waals surface area (Å²) in [7, 11) is 0. The van der Waals surface area contributed by atoms with E-state index in [4.69, 9.17) is 0 Å². The van der Waals surface area contributed by atoms with Gasteiger partial charge in [0.2, 0.25) is 0 Å². The van der Waals surface area contributed by atoms with E-state index in [1.165, 1.54) is 36.4 Å². The van der Waals surface area contributed by atoms with Gasteiger partial charge in [-0.15, -0.1) is 0 Å². The predicted octanol–water partition coefficient (Wildman–Crippen LogP) is 5.03. The van der Waals surface area contributed by atoms with E-state index in [2.05, 4.69) is 0 Å². The maximum atomic E-state index is 13.4. The monoisotopic (exact) mass is 334 g/mol. The highest BCUT2D eigenvalue weighted by molar-refractivity contribution is 5.54.